The van der Waals surface area contributed by atoms with Gasteiger partial charge in [0.15, 0.2) is 16.6 Å². The Hall–Kier alpha value is -2.32. The van der Waals surface area contributed by atoms with Crippen molar-refractivity contribution in [1.29, 1.82) is 0 Å². The minimum atomic E-state index is -0.351. The van der Waals surface area contributed by atoms with Crippen LogP contribution < -0.4 is 14.4 Å². The molecule has 2 atom stereocenters. The van der Waals surface area contributed by atoms with Crippen molar-refractivity contribution in [3.8, 4) is 11.5 Å². The van der Waals surface area contributed by atoms with Crippen LogP contribution >= 0.6 is 24.0 Å². The fraction of sp³-hybridized carbons (Fsp3) is 0.263. The number of nitrogens with zero attached hydrogens (tertiary/aromatic N) is 2. The zero-order valence-corrected chi connectivity index (χ0v) is 16.3. The molecule has 2 heterocycles. The van der Waals surface area contributed by atoms with Gasteiger partial charge >= 0.3 is 0 Å². The highest BCUT2D eigenvalue weighted by Crippen LogP contribution is 2.47. The fourth-order valence-electron chi connectivity index (χ4n) is 3.38. The first-order valence-corrected chi connectivity index (χ1v) is 9.76. The van der Waals surface area contributed by atoms with Crippen LogP contribution in [0.15, 0.2) is 42.5 Å². The third-order valence-electron chi connectivity index (χ3n) is 4.70. The summed E-state index contributed by atoms with van der Waals surface area (Å²) in [6.45, 7) is 0. The molecule has 1 amide bonds. The van der Waals surface area contributed by atoms with Crippen molar-refractivity contribution in [3.05, 3.63) is 53.8 Å². The molecule has 1 unspecified atom stereocenters. The van der Waals surface area contributed by atoms with Crippen molar-refractivity contribution in [3.63, 3.8) is 0 Å². The van der Waals surface area contributed by atoms with Crippen LogP contribution in [0.3, 0.4) is 0 Å². The summed E-state index contributed by atoms with van der Waals surface area (Å²) < 4.78 is 23.9. The Balaban J connectivity index is 1.67. The lowest BCUT2D eigenvalue weighted by Crippen LogP contribution is -2.33. The van der Waals surface area contributed by atoms with Crippen LogP contribution in [0.1, 0.15) is 10.9 Å². The number of ether oxygens (including phenoxy) is 2. The van der Waals surface area contributed by atoms with Gasteiger partial charge in [0.1, 0.15) is 17.2 Å². The molecule has 0 spiro atoms. The van der Waals surface area contributed by atoms with Crippen LogP contribution in [0, 0.1) is 5.82 Å². The monoisotopic (exact) mass is 404 g/mol. The molecule has 0 N–H and O–H groups in total. The molecule has 8 heteroatoms. The largest absolute Gasteiger partial charge is 0.493 e. The lowest BCUT2D eigenvalue weighted by Gasteiger charge is -2.26. The van der Waals surface area contributed by atoms with E-state index in [1.807, 2.05) is 23.1 Å². The number of thiocarbonyl (C=S) groups is 1. The van der Waals surface area contributed by atoms with E-state index in [1.165, 1.54) is 17.0 Å². The average molecular weight is 404 g/mol. The Labute approximate surface area is 166 Å². The minimum Gasteiger partial charge on any atom is -0.493 e. The Kier molecular flexibility index (Phi) is 4.69. The van der Waals surface area contributed by atoms with Gasteiger partial charge in [-0.15, -0.1) is 11.8 Å². The number of carbonyl (C=O) groups excluding carboxylic acids is 1. The second kappa shape index (κ2) is 7.01. The molecule has 27 heavy (non-hydrogen) atoms. The number of anilines is 1. The minimum absolute atomic E-state index is 0.0814. The highest BCUT2D eigenvalue weighted by Gasteiger charge is 2.50. The molecule has 2 aliphatic heterocycles. The molecule has 0 aliphatic carbocycles. The first kappa shape index (κ1) is 18.1. The van der Waals surface area contributed by atoms with Crippen molar-refractivity contribution in [2.45, 2.75) is 11.4 Å². The maximum Gasteiger partial charge on any atom is 0.257 e. The second-order valence-electron chi connectivity index (χ2n) is 6.16. The van der Waals surface area contributed by atoms with Gasteiger partial charge in [0.2, 0.25) is 0 Å². The van der Waals surface area contributed by atoms with E-state index in [-0.39, 0.29) is 23.1 Å². The molecule has 2 aromatic rings. The summed E-state index contributed by atoms with van der Waals surface area (Å²) in [5, 5.41) is 0.332. The summed E-state index contributed by atoms with van der Waals surface area (Å²) in [7, 11) is 3.18. The predicted octanol–water partition coefficient (Wildman–Crippen LogP) is 3.59. The van der Waals surface area contributed by atoms with E-state index < -0.39 is 0 Å². The average Bonchev–Trinajstić information content (AvgIpc) is 3.23. The first-order chi connectivity index (χ1) is 13.0. The van der Waals surface area contributed by atoms with Gasteiger partial charge in [-0.1, -0.05) is 6.07 Å². The molecule has 0 aromatic heterocycles. The summed E-state index contributed by atoms with van der Waals surface area (Å²) in [4.78, 5) is 16.4. The van der Waals surface area contributed by atoms with E-state index in [9.17, 15) is 9.18 Å². The number of hydrogen-bond acceptors (Lipinski definition) is 5. The summed E-state index contributed by atoms with van der Waals surface area (Å²) >= 11 is 7.29. The van der Waals surface area contributed by atoms with Crippen molar-refractivity contribution in [2.24, 2.45) is 0 Å². The lowest BCUT2D eigenvalue weighted by atomic mass is 10.1. The zero-order valence-electron chi connectivity index (χ0n) is 14.7. The standard InChI is InChI=1S/C19H17FN2O3S2/c1-24-15-8-3-11(9-16(15)25-2)18-22-14(10-27-18)17(23)21(19(22)26)13-6-4-12(20)5-7-13/h3-9,14,18H,10H2,1-2H3/t14-,18?/m1/s1. The van der Waals surface area contributed by atoms with E-state index in [0.717, 1.165) is 5.56 Å². The number of rotatable bonds is 4. The number of carbonyl (C=O) groups is 1. The van der Waals surface area contributed by atoms with Crippen molar-refractivity contribution in [1.82, 2.24) is 4.90 Å². The predicted molar refractivity (Wildman–Crippen MR) is 107 cm³/mol. The molecule has 140 valence electrons. The molecule has 2 fully saturated rings. The molecular formula is C19H17FN2O3S2. The topological polar surface area (TPSA) is 42.0 Å². The molecule has 2 saturated heterocycles. The molecule has 2 aromatic carbocycles. The third-order valence-corrected chi connectivity index (χ3v) is 6.41. The maximum atomic E-state index is 13.2. The van der Waals surface area contributed by atoms with Gasteiger partial charge in [0.25, 0.3) is 5.91 Å². The van der Waals surface area contributed by atoms with Crippen LogP contribution in [0.5, 0.6) is 11.5 Å². The van der Waals surface area contributed by atoms with Gasteiger partial charge in [-0.2, -0.15) is 0 Å². The molecule has 2 aliphatic rings. The number of amides is 1. The number of hydrogen-bond donors (Lipinski definition) is 0. The Morgan fingerprint density at radius 2 is 1.81 bits per heavy atom. The summed E-state index contributed by atoms with van der Waals surface area (Å²) in [6, 6.07) is 11.2. The van der Waals surface area contributed by atoms with Gasteiger partial charge in [0, 0.05) is 5.75 Å². The van der Waals surface area contributed by atoms with Crippen LogP contribution in [0.4, 0.5) is 10.1 Å². The van der Waals surface area contributed by atoms with Crippen LogP contribution in [-0.4, -0.2) is 41.9 Å². The summed E-state index contributed by atoms with van der Waals surface area (Å²) in [5.74, 6) is 1.48. The summed E-state index contributed by atoms with van der Waals surface area (Å²) in [6.07, 6.45) is 0. The highest BCUT2D eigenvalue weighted by molar-refractivity contribution is 7.99. The van der Waals surface area contributed by atoms with Crippen molar-refractivity contribution < 1.29 is 18.7 Å². The summed E-state index contributed by atoms with van der Waals surface area (Å²) in [5.41, 5.74) is 1.56. The van der Waals surface area contributed by atoms with Crippen molar-refractivity contribution >= 4 is 40.7 Å². The number of halogens is 1. The first-order valence-electron chi connectivity index (χ1n) is 8.30. The van der Waals surface area contributed by atoms with Crippen molar-refractivity contribution in [2.75, 3.05) is 24.9 Å². The number of fused-ring (bicyclic) bond motifs is 1. The normalized spacial score (nSPS) is 21.6. The number of methoxy groups -OCH3 is 2. The number of benzene rings is 2. The van der Waals surface area contributed by atoms with Gasteiger partial charge in [0.05, 0.1) is 19.9 Å². The SMILES string of the molecule is COc1ccc(C2SC[C@@H]3C(=O)N(c4ccc(F)cc4)C(=S)N23)cc1OC. The quantitative estimate of drug-likeness (QED) is 0.726. The van der Waals surface area contributed by atoms with Gasteiger partial charge in [-0.25, -0.2) is 4.39 Å². The smallest absolute Gasteiger partial charge is 0.257 e. The molecule has 0 radical (unpaired) electrons. The molecule has 5 nitrogen and oxygen atoms in total. The Morgan fingerprint density at radius 3 is 2.48 bits per heavy atom. The second-order valence-corrected chi connectivity index (χ2v) is 7.63. The maximum absolute atomic E-state index is 13.2. The van der Waals surface area contributed by atoms with Crippen LogP contribution in [-0.2, 0) is 4.79 Å². The van der Waals surface area contributed by atoms with E-state index in [0.29, 0.717) is 28.1 Å². The van der Waals surface area contributed by atoms with Gasteiger partial charge in [-0.3, -0.25) is 9.69 Å². The molecule has 0 bridgehead atoms. The lowest BCUT2D eigenvalue weighted by molar-refractivity contribution is -0.119. The van der Waals surface area contributed by atoms with E-state index in [2.05, 4.69) is 0 Å². The molecule has 4 rings (SSSR count). The molecule has 0 saturated carbocycles. The van der Waals surface area contributed by atoms with Gasteiger partial charge < -0.3 is 14.4 Å². The third kappa shape index (κ3) is 2.93. The van der Waals surface area contributed by atoms with E-state index in [1.54, 1.807) is 38.1 Å². The Morgan fingerprint density at radius 1 is 1.11 bits per heavy atom. The van der Waals surface area contributed by atoms with E-state index in [4.69, 9.17) is 21.7 Å². The van der Waals surface area contributed by atoms with Crippen LogP contribution in [0.2, 0.25) is 0 Å². The van der Waals surface area contributed by atoms with Crippen LogP contribution in [0.25, 0.3) is 0 Å². The highest BCUT2D eigenvalue weighted by atomic mass is 32.2. The molecular weight excluding hydrogens is 387 g/mol. The Bertz CT molecular complexity index is 906. The number of thioether (sulfide) groups is 1. The fourth-order valence-corrected chi connectivity index (χ4v) is 5.29. The van der Waals surface area contributed by atoms with Gasteiger partial charge in [-0.05, 0) is 54.2 Å². The zero-order chi connectivity index (χ0) is 19.1. The van der Waals surface area contributed by atoms with E-state index >= 15 is 0 Å².